The largest absolute Gasteiger partial charge is 0.495 e. The van der Waals surface area contributed by atoms with Crippen molar-refractivity contribution in [1.29, 1.82) is 0 Å². The minimum absolute atomic E-state index is 0.133. The maximum Gasteiger partial charge on any atom is 0.326 e. The number of sulfonamides is 1. The van der Waals surface area contributed by atoms with Crippen molar-refractivity contribution >= 4 is 43.5 Å². The predicted molar refractivity (Wildman–Crippen MR) is 136 cm³/mol. The topological polar surface area (TPSA) is 107 Å². The van der Waals surface area contributed by atoms with E-state index < -0.39 is 21.9 Å². The van der Waals surface area contributed by atoms with Gasteiger partial charge in [-0.3, -0.25) is 9.59 Å². The number of fused-ring (bicyclic) bond motifs is 1. The molecule has 1 amide bonds. The zero-order valence-corrected chi connectivity index (χ0v) is 22.1. The molecule has 1 saturated heterocycles. The molecule has 2 aromatic carbocycles. The van der Waals surface area contributed by atoms with Gasteiger partial charge in [-0.2, -0.15) is 9.30 Å². The van der Waals surface area contributed by atoms with E-state index in [4.69, 9.17) is 9.47 Å². The summed E-state index contributed by atoms with van der Waals surface area (Å²) in [6, 6.07) is 11.3. The van der Waals surface area contributed by atoms with Gasteiger partial charge < -0.3 is 14.0 Å². The standard InChI is InChI=1S/C25H29N3O6S2/c1-4-34-22(29)16-28-23-20(33-3)6-5-7-21(23)35-25(28)26-24(30)18-8-10-19(11-9-18)36(31,32)27-14-12-17(2)13-15-27/h5-11,17H,4,12-16H2,1-3H3. The second kappa shape index (κ2) is 10.9. The van der Waals surface area contributed by atoms with E-state index in [1.165, 1.54) is 47.0 Å². The first kappa shape index (κ1) is 26.1. The van der Waals surface area contributed by atoms with Gasteiger partial charge in [0.15, 0.2) is 4.80 Å². The third-order valence-corrected chi connectivity index (χ3v) is 9.11. The first-order valence-corrected chi connectivity index (χ1v) is 14.0. The number of hydrogen-bond donors (Lipinski definition) is 0. The van der Waals surface area contributed by atoms with Gasteiger partial charge in [0, 0.05) is 18.7 Å². The lowest BCUT2D eigenvalue weighted by Crippen LogP contribution is -2.37. The molecule has 4 rings (SSSR count). The Labute approximate surface area is 214 Å². The molecule has 11 heteroatoms. The van der Waals surface area contributed by atoms with E-state index in [1.54, 1.807) is 17.6 Å². The molecule has 0 radical (unpaired) electrons. The summed E-state index contributed by atoms with van der Waals surface area (Å²) in [6.45, 7) is 4.93. The van der Waals surface area contributed by atoms with Gasteiger partial charge in [-0.05, 0) is 62.1 Å². The van der Waals surface area contributed by atoms with E-state index in [9.17, 15) is 18.0 Å². The Bertz CT molecular complexity index is 1430. The highest BCUT2D eigenvalue weighted by atomic mass is 32.2. The Morgan fingerprint density at radius 3 is 2.44 bits per heavy atom. The lowest BCUT2D eigenvalue weighted by molar-refractivity contribution is -0.143. The van der Waals surface area contributed by atoms with Crippen LogP contribution in [0.4, 0.5) is 0 Å². The molecular weight excluding hydrogens is 502 g/mol. The summed E-state index contributed by atoms with van der Waals surface area (Å²) in [4.78, 5) is 30.0. The number of nitrogens with zero attached hydrogens (tertiary/aromatic N) is 3. The summed E-state index contributed by atoms with van der Waals surface area (Å²) in [5, 5.41) is 0. The van der Waals surface area contributed by atoms with Crippen LogP contribution in [0.3, 0.4) is 0 Å². The molecular formula is C25H29N3O6S2. The summed E-state index contributed by atoms with van der Waals surface area (Å²) in [5.74, 6) is 0.0506. The molecule has 0 saturated carbocycles. The fourth-order valence-corrected chi connectivity index (χ4v) is 6.64. The molecule has 1 aromatic heterocycles. The van der Waals surface area contributed by atoms with Gasteiger partial charge in [0.25, 0.3) is 5.91 Å². The van der Waals surface area contributed by atoms with E-state index in [1.807, 2.05) is 12.1 Å². The summed E-state index contributed by atoms with van der Waals surface area (Å²) in [5.41, 5.74) is 0.884. The normalized spacial score (nSPS) is 15.8. The lowest BCUT2D eigenvalue weighted by atomic mass is 10.0. The van der Waals surface area contributed by atoms with Crippen LogP contribution in [0.1, 0.15) is 37.0 Å². The first-order chi connectivity index (χ1) is 17.2. The molecule has 1 aliphatic rings. The Morgan fingerprint density at radius 2 is 1.81 bits per heavy atom. The number of thiazole rings is 1. The third-order valence-electron chi connectivity index (χ3n) is 6.16. The molecule has 0 bridgehead atoms. The highest BCUT2D eigenvalue weighted by Gasteiger charge is 2.28. The van der Waals surface area contributed by atoms with E-state index >= 15 is 0 Å². The highest BCUT2D eigenvalue weighted by molar-refractivity contribution is 7.89. The fraction of sp³-hybridized carbons (Fsp3) is 0.400. The smallest absolute Gasteiger partial charge is 0.326 e. The molecule has 3 aromatic rings. The average molecular weight is 532 g/mol. The summed E-state index contributed by atoms with van der Waals surface area (Å²) >= 11 is 1.25. The number of para-hydroxylation sites is 1. The number of amides is 1. The van der Waals surface area contributed by atoms with Gasteiger partial charge in [-0.15, -0.1) is 0 Å². The fourth-order valence-electron chi connectivity index (χ4n) is 4.13. The van der Waals surface area contributed by atoms with Crippen LogP contribution in [-0.2, 0) is 26.1 Å². The molecule has 9 nitrogen and oxygen atoms in total. The summed E-state index contributed by atoms with van der Waals surface area (Å²) in [6.07, 6.45) is 1.67. The zero-order valence-electron chi connectivity index (χ0n) is 20.5. The number of piperidine rings is 1. The van der Waals surface area contributed by atoms with E-state index in [-0.39, 0.29) is 23.6 Å². The number of methoxy groups -OCH3 is 1. The number of carbonyl (C=O) groups is 2. The van der Waals surface area contributed by atoms with Gasteiger partial charge in [-0.1, -0.05) is 24.3 Å². The van der Waals surface area contributed by atoms with Gasteiger partial charge >= 0.3 is 5.97 Å². The zero-order chi connectivity index (χ0) is 25.9. The quantitative estimate of drug-likeness (QED) is 0.433. The number of benzene rings is 2. The molecule has 1 aliphatic heterocycles. The minimum Gasteiger partial charge on any atom is -0.495 e. The van der Waals surface area contributed by atoms with Crippen molar-refractivity contribution in [1.82, 2.24) is 8.87 Å². The van der Waals surface area contributed by atoms with Gasteiger partial charge in [0.2, 0.25) is 10.0 Å². The maximum atomic E-state index is 13.0. The van der Waals surface area contributed by atoms with Crippen LogP contribution < -0.4 is 9.54 Å². The number of hydrogen-bond acceptors (Lipinski definition) is 7. The van der Waals surface area contributed by atoms with Crippen LogP contribution >= 0.6 is 11.3 Å². The van der Waals surface area contributed by atoms with Gasteiger partial charge in [0.05, 0.1) is 23.3 Å². The number of esters is 1. The van der Waals surface area contributed by atoms with Gasteiger partial charge in [-0.25, -0.2) is 8.42 Å². The molecule has 36 heavy (non-hydrogen) atoms. The van der Waals surface area contributed by atoms with Crippen LogP contribution in [0.25, 0.3) is 10.2 Å². The van der Waals surface area contributed by atoms with Gasteiger partial charge in [0.1, 0.15) is 17.8 Å². The highest BCUT2D eigenvalue weighted by Crippen LogP contribution is 2.28. The summed E-state index contributed by atoms with van der Waals surface area (Å²) < 4.78 is 40.4. The SMILES string of the molecule is CCOC(=O)Cn1c(=NC(=O)c2ccc(S(=O)(=O)N3CCC(C)CC3)cc2)sc2cccc(OC)c21. The molecule has 1 fully saturated rings. The number of rotatable bonds is 7. The molecule has 0 atom stereocenters. The van der Waals surface area contributed by atoms with Crippen LogP contribution in [0.5, 0.6) is 5.75 Å². The van der Waals surface area contributed by atoms with Crippen molar-refractivity contribution in [2.75, 3.05) is 26.8 Å². The minimum atomic E-state index is -3.61. The Hall–Kier alpha value is -3.02. The molecule has 192 valence electrons. The first-order valence-electron chi connectivity index (χ1n) is 11.8. The number of carbonyl (C=O) groups excluding carboxylic acids is 2. The van der Waals surface area contributed by atoms with Crippen LogP contribution in [-0.4, -0.2) is 56.0 Å². The lowest BCUT2D eigenvalue weighted by Gasteiger charge is -2.29. The third kappa shape index (κ3) is 5.37. The van der Waals surface area contributed by atoms with Crippen molar-refractivity contribution in [2.24, 2.45) is 10.9 Å². The van der Waals surface area contributed by atoms with Crippen molar-refractivity contribution < 1.29 is 27.5 Å². The molecule has 0 spiro atoms. The Balaban J connectivity index is 1.66. The van der Waals surface area contributed by atoms with E-state index in [2.05, 4.69) is 11.9 Å². The van der Waals surface area contributed by atoms with Crippen molar-refractivity contribution in [3.63, 3.8) is 0 Å². The van der Waals surface area contributed by atoms with Crippen LogP contribution in [0.2, 0.25) is 0 Å². The van der Waals surface area contributed by atoms with Crippen LogP contribution in [0, 0.1) is 5.92 Å². The van der Waals surface area contributed by atoms with E-state index in [0.29, 0.717) is 35.1 Å². The molecule has 0 aliphatic carbocycles. The van der Waals surface area contributed by atoms with Crippen molar-refractivity contribution in [3.05, 3.63) is 52.8 Å². The predicted octanol–water partition coefficient (Wildman–Crippen LogP) is 3.44. The Kier molecular flexibility index (Phi) is 7.91. The molecule has 0 N–H and O–H groups in total. The molecule has 0 unspecified atom stereocenters. The second-order valence-corrected chi connectivity index (χ2v) is 11.6. The van der Waals surface area contributed by atoms with Crippen molar-refractivity contribution in [2.45, 2.75) is 38.1 Å². The Morgan fingerprint density at radius 1 is 1.11 bits per heavy atom. The average Bonchev–Trinajstić information content (AvgIpc) is 3.21. The number of aromatic nitrogens is 1. The molecule has 2 heterocycles. The maximum absolute atomic E-state index is 13.0. The van der Waals surface area contributed by atoms with E-state index in [0.717, 1.165) is 17.5 Å². The number of ether oxygens (including phenoxy) is 2. The van der Waals surface area contributed by atoms with Crippen molar-refractivity contribution in [3.8, 4) is 5.75 Å². The second-order valence-electron chi connectivity index (χ2n) is 8.61. The summed E-state index contributed by atoms with van der Waals surface area (Å²) in [7, 11) is -2.08. The van der Waals surface area contributed by atoms with Crippen LogP contribution in [0.15, 0.2) is 52.4 Å². The monoisotopic (exact) mass is 531 g/mol.